The Morgan fingerprint density at radius 1 is 1.42 bits per heavy atom. The molecule has 0 amide bonds. The molecule has 0 bridgehead atoms. The molecule has 1 saturated heterocycles. The Hall–Kier alpha value is -0.330. The second-order valence-corrected chi connectivity index (χ2v) is 6.87. The third-order valence-electron chi connectivity index (χ3n) is 3.16. The van der Waals surface area contributed by atoms with Crippen LogP contribution in [0.4, 0.5) is 0 Å². The zero-order valence-corrected chi connectivity index (χ0v) is 13.3. The van der Waals surface area contributed by atoms with E-state index in [0.717, 1.165) is 0 Å². The lowest BCUT2D eigenvalue weighted by molar-refractivity contribution is 0.283. The number of rotatable bonds is 2. The molecule has 0 saturated carbocycles. The summed E-state index contributed by atoms with van der Waals surface area (Å²) in [7, 11) is -3.42. The van der Waals surface area contributed by atoms with Gasteiger partial charge < -0.3 is 5.32 Å². The molecular formula is C12H18Cl2N2O2S. The maximum Gasteiger partial charge on any atom is 0.243 e. The van der Waals surface area contributed by atoms with Crippen LogP contribution in [0.15, 0.2) is 23.1 Å². The van der Waals surface area contributed by atoms with E-state index in [1.807, 2.05) is 6.92 Å². The van der Waals surface area contributed by atoms with Crippen LogP contribution in [0, 0.1) is 6.92 Å². The zero-order valence-electron chi connectivity index (χ0n) is 10.9. The standard InChI is InChI=1S/C12H17ClN2O2S.ClH/c1-9-7-11(13)3-4-12(9)18(16,17)15-6-5-14-8-10(15)2;/h3-4,7,10,14H,5-6,8H2,1-2H3;1H/t10-;/m0./s1. The highest BCUT2D eigenvalue weighted by molar-refractivity contribution is 7.89. The molecule has 19 heavy (non-hydrogen) atoms. The number of sulfonamides is 1. The summed E-state index contributed by atoms with van der Waals surface area (Å²) in [5, 5.41) is 3.74. The van der Waals surface area contributed by atoms with Gasteiger partial charge in [-0.15, -0.1) is 12.4 Å². The molecule has 1 aliphatic rings. The molecule has 7 heteroatoms. The zero-order chi connectivity index (χ0) is 13.3. The van der Waals surface area contributed by atoms with Crippen molar-refractivity contribution in [2.24, 2.45) is 0 Å². The largest absolute Gasteiger partial charge is 0.314 e. The van der Waals surface area contributed by atoms with Gasteiger partial charge in [0.05, 0.1) is 4.90 Å². The fourth-order valence-corrected chi connectivity index (χ4v) is 4.27. The van der Waals surface area contributed by atoms with Crippen molar-refractivity contribution < 1.29 is 8.42 Å². The maximum atomic E-state index is 12.6. The lowest BCUT2D eigenvalue weighted by Crippen LogP contribution is -2.52. The number of piperazine rings is 1. The van der Waals surface area contributed by atoms with Crippen LogP contribution in [0.25, 0.3) is 0 Å². The molecule has 0 unspecified atom stereocenters. The van der Waals surface area contributed by atoms with Gasteiger partial charge in [0.2, 0.25) is 10.0 Å². The molecule has 1 aliphatic heterocycles. The van der Waals surface area contributed by atoms with Crippen LogP contribution in [0.3, 0.4) is 0 Å². The van der Waals surface area contributed by atoms with Gasteiger partial charge in [-0.2, -0.15) is 4.31 Å². The van der Waals surface area contributed by atoms with Gasteiger partial charge in [0.15, 0.2) is 0 Å². The summed E-state index contributed by atoms with van der Waals surface area (Å²) >= 11 is 5.86. The van der Waals surface area contributed by atoms with E-state index in [4.69, 9.17) is 11.6 Å². The summed E-state index contributed by atoms with van der Waals surface area (Å²) in [5.41, 5.74) is 0.688. The topological polar surface area (TPSA) is 49.4 Å². The van der Waals surface area contributed by atoms with Crippen molar-refractivity contribution in [2.45, 2.75) is 24.8 Å². The van der Waals surface area contributed by atoms with Crippen LogP contribution >= 0.6 is 24.0 Å². The van der Waals surface area contributed by atoms with Crippen LogP contribution in [0.1, 0.15) is 12.5 Å². The molecule has 1 heterocycles. The monoisotopic (exact) mass is 324 g/mol. The molecule has 1 aromatic carbocycles. The Morgan fingerprint density at radius 2 is 2.11 bits per heavy atom. The Morgan fingerprint density at radius 3 is 2.68 bits per heavy atom. The van der Waals surface area contributed by atoms with E-state index in [9.17, 15) is 8.42 Å². The first-order valence-electron chi connectivity index (χ1n) is 5.91. The van der Waals surface area contributed by atoms with Gasteiger partial charge >= 0.3 is 0 Å². The molecule has 2 rings (SSSR count). The third kappa shape index (κ3) is 3.41. The van der Waals surface area contributed by atoms with E-state index in [1.165, 1.54) is 0 Å². The first kappa shape index (κ1) is 16.7. The van der Waals surface area contributed by atoms with Crippen LogP contribution < -0.4 is 5.32 Å². The summed E-state index contributed by atoms with van der Waals surface area (Å²) in [6.45, 7) is 5.56. The second-order valence-electron chi connectivity index (χ2n) is 4.58. The summed E-state index contributed by atoms with van der Waals surface area (Å²) in [6, 6.07) is 4.86. The predicted octanol–water partition coefficient (Wildman–Crippen LogP) is 2.05. The fraction of sp³-hybridized carbons (Fsp3) is 0.500. The Kier molecular flexibility index (Phi) is 5.65. The number of benzene rings is 1. The normalized spacial score (nSPS) is 20.9. The molecule has 1 atom stereocenters. The number of nitrogens with zero attached hydrogens (tertiary/aromatic N) is 1. The van der Waals surface area contributed by atoms with Crippen molar-refractivity contribution >= 4 is 34.0 Å². The summed E-state index contributed by atoms with van der Waals surface area (Å²) in [4.78, 5) is 0.348. The molecule has 0 radical (unpaired) electrons. The third-order valence-corrected chi connectivity index (χ3v) is 5.57. The van der Waals surface area contributed by atoms with E-state index >= 15 is 0 Å². The molecule has 1 N–H and O–H groups in total. The Balaban J connectivity index is 0.00000180. The van der Waals surface area contributed by atoms with E-state index < -0.39 is 10.0 Å². The van der Waals surface area contributed by atoms with Gasteiger partial charge in [-0.3, -0.25) is 0 Å². The average Bonchev–Trinajstić information content (AvgIpc) is 2.28. The Bertz CT molecular complexity index is 549. The SMILES string of the molecule is Cc1cc(Cl)ccc1S(=O)(=O)N1CCNC[C@@H]1C.Cl. The lowest BCUT2D eigenvalue weighted by Gasteiger charge is -2.33. The van der Waals surface area contributed by atoms with Crippen molar-refractivity contribution in [1.29, 1.82) is 0 Å². The van der Waals surface area contributed by atoms with Gasteiger partial charge in [-0.25, -0.2) is 8.42 Å². The van der Waals surface area contributed by atoms with Gasteiger partial charge in [-0.05, 0) is 37.6 Å². The van der Waals surface area contributed by atoms with E-state index in [1.54, 1.807) is 29.4 Å². The van der Waals surface area contributed by atoms with Crippen molar-refractivity contribution in [2.75, 3.05) is 19.6 Å². The molecule has 4 nitrogen and oxygen atoms in total. The maximum absolute atomic E-state index is 12.6. The fourth-order valence-electron chi connectivity index (χ4n) is 2.21. The van der Waals surface area contributed by atoms with Crippen molar-refractivity contribution in [1.82, 2.24) is 9.62 Å². The van der Waals surface area contributed by atoms with Crippen LogP contribution in [0.2, 0.25) is 5.02 Å². The number of halogens is 2. The number of hydrogen-bond acceptors (Lipinski definition) is 3. The summed E-state index contributed by atoms with van der Waals surface area (Å²) < 4.78 is 26.7. The van der Waals surface area contributed by atoms with E-state index in [2.05, 4.69) is 5.32 Å². The van der Waals surface area contributed by atoms with Crippen LogP contribution in [-0.2, 0) is 10.0 Å². The molecular weight excluding hydrogens is 307 g/mol. The molecule has 0 spiro atoms. The predicted molar refractivity (Wildman–Crippen MR) is 79.7 cm³/mol. The average molecular weight is 325 g/mol. The first-order valence-corrected chi connectivity index (χ1v) is 7.73. The van der Waals surface area contributed by atoms with Crippen molar-refractivity contribution in [3.05, 3.63) is 28.8 Å². The van der Waals surface area contributed by atoms with Gasteiger partial charge in [-0.1, -0.05) is 11.6 Å². The molecule has 1 aromatic rings. The molecule has 108 valence electrons. The van der Waals surface area contributed by atoms with Gasteiger partial charge in [0, 0.05) is 30.7 Å². The van der Waals surface area contributed by atoms with Crippen LogP contribution in [-0.4, -0.2) is 38.4 Å². The van der Waals surface area contributed by atoms with Crippen molar-refractivity contribution in [3.8, 4) is 0 Å². The highest BCUT2D eigenvalue weighted by Crippen LogP contribution is 2.24. The first-order chi connectivity index (χ1) is 8.43. The van der Waals surface area contributed by atoms with Gasteiger partial charge in [0.25, 0.3) is 0 Å². The minimum atomic E-state index is -3.42. The highest BCUT2D eigenvalue weighted by Gasteiger charge is 2.31. The van der Waals surface area contributed by atoms with Crippen molar-refractivity contribution in [3.63, 3.8) is 0 Å². The minimum Gasteiger partial charge on any atom is -0.314 e. The van der Waals surface area contributed by atoms with E-state index in [-0.39, 0.29) is 18.4 Å². The minimum absolute atomic E-state index is 0. The number of nitrogens with one attached hydrogen (secondary N) is 1. The summed E-state index contributed by atoms with van der Waals surface area (Å²) in [5.74, 6) is 0. The van der Waals surface area contributed by atoms with E-state index in [0.29, 0.717) is 35.1 Å². The number of hydrogen-bond donors (Lipinski definition) is 1. The highest BCUT2D eigenvalue weighted by atomic mass is 35.5. The second kappa shape index (κ2) is 6.41. The summed E-state index contributed by atoms with van der Waals surface area (Å²) in [6.07, 6.45) is 0. The number of aryl methyl sites for hydroxylation is 1. The molecule has 1 fully saturated rings. The Labute approximate surface area is 125 Å². The van der Waals surface area contributed by atoms with Gasteiger partial charge in [0.1, 0.15) is 0 Å². The quantitative estimate of drug-likeness (QED) is 0.905. The lowest BCUT2D eigenvalue weighted by atomic mass is 10.2. The van der Waals surface area contributed by atoms with Crippen LogP contribution in [0.5, 0.6) is 0 Å². The molecule has 0 aliphatic carbocycles. The molecule has 0 aromatic heterocycles. The smallest absolute Gasteiger partial charge is 0.243 e.